The van der Waals surface area contributed by atoms with Crippen LogP contribution >= 0.6 is 0 Å². The zero-order valence-electron chi connectivity index (χ0n) is 20.0. The number of amides is 2. The Morgan fingerprint density at radius 3 is 2.60 bits per heavy atom. The highest BCUT2D eigenvalue weighted by Gasteiger charge is 2.50. The van der Waals surface area contributed by atoms with Crippen LogP contribution in [0.2, 0.25) is 0 Å². The van der Waals surface area contributed by atoms with Gasteiger partial charge in [0.1, 0.15) is 18.0 Å². The minimum atomic E-state index is -1.06. The van der Waals surface area contributed by atoms with E-state index in [1.165, 1.54) is 7.11 Å². The summed E-state index contributed by atoms with van der Waals surface area (Å²) in [7, 11) is 1.53. The third-order valence-corrected chi connectivity index (χ3v) is 6.55. The molecule has 2 aromatic carbocycles. The van der Waals surface area contributed by atoms with Crippen LogP contribution in [0.4, 0.5) is 0 Å². The third kappa shape index (κ3) is 5.24. The summed E-state index contributed by atoms with van der Waals surface area (Å²) >= 11 is 0. The number of nitrogens with one attached hydrogen (secondary N) is 1. The Kier molecular flexibility index (Phi) is 7.85. The Labute approximate surface area is 205 Å². The quantitative estimate of drug-likeness (QED) is 0.504. The van der Waals surface area contributed by atoms with Crippen LogP contribution in [0.15, 0.2) is 60.2 Å². The number of fused-ring (bicyclic) bond motifs is 3. The molecule has 186 valence electrons. The third-order valence-electron chi connectivity index (χ3n) is 6.55. The molecule has 0 aromatic heterocycles. The van der Waals surface area contributed by atoms with Gasteiger partial charge in [-0.1, -0.05) is 48.0 Å². The van der Waals surface area contributed by atoms with Crippen LogP contribution < -0.4 is 10.1 Å². The van der Waals surface area contributed by atoms with Crippen molar-refractivity contribution < 1.29 is 29.3 Å². The van der Waals surface area contributed by atoms with Crippen molar-refractivity contribution in [2.24, 2.45) is 0 Å². The van der Waals surface area contributed by atoms with Crippen LogP contribution in [0.25, 0.3) is 0 Å². The minimum absolute atomic E-state index is 0.100. The second-order valence-electron chi connectivity index (χ2n) is 8.93. The first-order chi connectivity index (χ1) is 16.9. The molecular formula is C27H32N2O6. The van der Waals surface area contributed by atoms with Gasteiger partial charge in [-0.15, -0.1) is 0 Å². The van der Waals surface area contributed by atoms with Crippen LogP contribution in [-0.4, -0.2) is 72.0 Å². The molecule has 8 heteroatoms. The van der Waals surface area contributed by atoms with E-state index in [1.807, 2.05) is 55.5 Å². The Morgan fingerprint density at radius 1 is 1.14 bits per heavy atom. The van der Waals surface area contributed by atoms with Crippen molar-refractivity contribution in [2.45, 2.75) is 44.1 Å². The van der Waals surface area contributed by atoms with E-state index < -0.39 is 24.2 Å². The predicted molar refractivity (Wildman–Crippen MR) is 130 cm³/mol. The van der Waals surface area contributed by atoms with Crippen LogP contribution in [0.3, 0.4) is 0 Å². The molecule has 0 spiro atoms. The Bertz CT molecular complexity index is 1080. The van der Waals surface area contributed by atoms with Crippen molar-refractivity contribution in [1.82, 2.24) is 10.2 Å². The summed E-state index contributed by atoms with van der Waals surface area (Å²) in [5.74, 6) is -0.423. The second-order valence-corrected chi connectivity index (χ2v) is 8.93. The zero-order valence-corrected chi connectivity index (χ0v) is 20.0. The van der Waals surface area contributed by atoms with Crippen LogP contribution in [0.1, 0.15) is 29.0 Å². The van der Waals surface area contributed by atoms with E-state index in [0.717, 1.165) is 16.7 Å². The number of hydrogen-bond acceptors (Lipinski definition) is 6. The van der Waals surface area contributed by atoms with E-state index in [4.69, 9.17) is 9.47 Å². The molecule has 2 aliphatic rings. The first-order valence-electron chi connectivity index (χ1n) is 11.8. The van der Waals surface area contributed by atoms with Gasteiger partial charge in [0.05, 0.1) is 31.6 Å². The van der Waals surface area contributed by atoms with Gasteiger partial charge in [0.25, 0.3) is 0 Å². The summed E-state index contributed by atoms with van der Waals surface area (Å²) in [6.45, 7) is 2.40. The molecule has 1 aliphatic heterocycles. The molecule has 0 fully saturated rings. The Hall–Kier alpha value is -3.20. The molecule has 4 rings (SSSR count). The normalized spacial score (nSPS) is 22.5. The molecule has 4 atom stereocenters. The number of aryl methyl sites for hydroxylation is 1. The molecule has 1 aliphatic carbocycles. The Morgan fingerprint density at radius 2 is 1.89 bits per heavy atom. The number of carbonyl (C=O) groups is 2. The highest BCUT2D eigenvalue weighted by molar-refractivity contribution is 5.96. The molecule has 3 N–H and O–H groups in total. The number of hydrogen-bond donors (Lipinski definition) is 3. The van der Waals surface area contributed by atoms with Gasteiger partial charge in [0.15, 0.2) is 0 Å². The topological polar surface area (TPSA) is 108 Å². The first kappa shape index (κ1) is 24.9. The van der Waals surface area contributed by atoms with Crippen molar-refractivity contribution >= 4 is 11.8 Å². The van der Waals surface area contributed by atoms with Gasteiger partial charge in [-0.25, -0.2) is 0 Å². The molecule has 0 saturated carbocycles. The molecule has 4 unspecified atom stereocenters. The molecule has 35 heavy (non-hydrogen) atoms. The lowest BCUT2D eigenvalue weighted by Gasteiger charge is -2.40. The summed E-state index contributed by atoms with van der Waals surface area (Å²) in [6, 6.07) is 14.5. The fourth-order valence-electron chi connectivity index (χ4n) is 4.77. The van der Waals surface area contributed by atoms with E-state index >= 15 is 0 Å². The van der Waals surface area contributed by atoms with Gasteiger partial charge in [-0.2, -0.15) is 0 Å². The van der Waals surface area contributed by atoms with E-state index in [-0.39, 0.29) is 44.5 Å². The lowest BCUT2D eigenvalue weighted by Crippen LogP contribution is -2.55. The minimum Gasteiger partial charge on any atom is -0.486 e. The van der Waals surface area contributed by atoms with Crippen molar-refractivity contribution in [1.29, 1.82) is 0 Å². The molecule has 0 bridgehead atoms. The summed E-state index contributed by atoms with van der Waals surface area (Å²) in [5, 5.41) is 23.4. The maximum Gasteiger partial charge on any atom is 0.247 e. The van der Waals surface area contributed by atoms with Gasteiger partial charge in [0, 0.05) is 31.3 Å². The molecule has 0 radical (unpaired) electrons. The fourth-order valence-corrected chi connectivity index (χ4v) is 4.77. The average molecular weight is 481 g/mol. The van der Waals surface area contributed by atoms with E-state index in [9.17, 15) is 19.8 Å². The van der Waals surface area contributed by atoms with Gasteiger partial charge < -0.3 is 29.9 Å². The number of para-hydroxylation sites is 1. The second kappa shape index (κ2) is 11.0. The highest BCUT2D eigenvalue weighted by atomic mass is 16.5. The standard InChI is InChI=1S/C27H32N2O6/c1-17-7-9-18(10-8-17)16-29(23(31)11-14-34-2)21-15-20(27(33)28-12-13-30)24-19-5-3-4-6-22(19)35-26(24)25(21)32/h3-10,15,21,24-26,30,32H,11-14,16H2,1-2H3,(H,28,33). The monoisotopic (exact) mass is 480 g/mol. The number of carbonyl (C=O) groups excluding carboxylic acids is 2. The van der Waals surface area contributed by atoms with Crippen molar-refractivity contribution in [2.75, 3.05) is 26.9 Å². The number of ether oxygens (including phenoxy) is 2. The smallest absolute Gasteiger partial charge is 0.247 e. The number of benzene rings is 2. The summed E-state index contributed by atoms with van der Waals surface area (Å²) in [6.07, 6.45) is 0.0375. The lowest BCUT2D eigenvalue weighted by molar-refractivity contribution is -0.139. The Balaban J connectivity index is 1.74. The van der Waals surface area contributed by atoms with Crippen LogP contribution in [0, 0.1) is 6.92 Å². The van der Waals surface area contributed by atoms with Crippen molar-refractivity contribution in [3.8, 4) is 5.75 Å². The molecule has 8 nitrogen and oxygen atoms in total. The zero-order chi connectivity index (χ0) is 24.9. The number of methoxy groups -OCH3 is 1. The highest BCUT2D eigenvalue weighted by Crippen LogP contribution is 2.47. The average Bonchev–Trinajstić information content (AvgIpc) is 3.26. The summed E-state index contributed by atoms with van der Waals surface area (Å²) < 4.78 is 11.3. The number of aliphatic hydroxyl groups is 2. The summed E-state index contributed by atoms with van der Waals surface area (Å²) in [4.78, 5) is 28.1. The SMILES string of the molecule is COCCC(=O)N(Cc1ccc(C)cc1)C1C=C(C(=O)NCCO)C2c3ccccc3OC2C1O. The van der Waals surface area contributed by atoms with Gasteiger partial charge in [-0.3, -0.25) is 9.59 Å². The van der Waals surface area contributed by atoms with E-state index in [0.29, 0.717) is 11.3 Å². The van der Waals surface area contributed by atoms with Gasteiger partial charge >= 0.3 is 0 Å². The van der Waals surface area contributed by atoms with Crippen LogP contribution in [-0.2, 0) is 20.9 Å². The predicted octanol–water partition coefficient (Wildman–Crippen LogP) is 1.68. The molecular weight excluding hydrogens is 448 g/mol. The maximum atomic E-state index is 13.3. The first-order valence-corrected chi connectivity index (χ1v) is 11.8. The van der Waals surface area contributed by atoms with E-state index in [2.05, 4.69) is 5.32 Å². The van der Waals surface area contributed by atoms with Crippen molar-refractivity contribution in [3.63, 3.8) is 0 Å². The summed E-state index contributed by atoms with van der Waals surface area (Å²) in [5.41, 5.74) is 3.24. The lowest BCUT2D eigenvalue weighted by atomic mass is 9.77. The maximum absolute atomic E-state index is 13.3. The molecule has 2 amide bonds. The molecule has 2 aromatic rings. The molecule has 1 heterocycles. The van der Waals surface area contributed by atoms with Gasteiger partial charge in [-0.05, 0) is 24.6 Å². The molecule has 0 saturated heterocycles. The van der Waals surface area contributed by atoms with Gasteiger partial charge in [0.2, 0.25) is 11.8 Å². The number of aliphatic hydroxyl groups excluding tert-OH is 2. The van der Waals surface area contributed by atoms with Crippen LogP contribution in [0.5, 0.6) is 5.75 Å². The fraction of sp³-hybridized carbons (Fsp3) is 0.407. The van der Waals surface area contributed by atoms with Crippen molar-refractivity contribution in [3.05, 3.63) is 76.9 Å². The number of rotatable bonds is 9. The van der Waals surface area contributed by atoms with E-state index in [1.54, 1.807) is 11.0 Å². The largest absolute Gasteiger partial charge is 0.486 e. The number of nitrogens with zero attached hydrogens (tertiary/aromatic N) is 1.